The van der Waals surface area contributed by atoms with Crippen LogP contribution < -0.4 is 0 Å². The molecule has 1 aromatic carbocycles. The predicted molar refractivity (Wildman–Crippen MR) is 84.4 cm³/mol. The first kappa shape index (κ1) is 14.5. The molecule has 0 spiro atoms. The lowest BCUT2D eigenvalue weighted by Gasteiger charge is -2.36. The number of hydrogen-bond donors (Lipinski definition) is 1. The molecule has 0 unspecified atom stereocenters. The fraction of sp³-hybridized carbons (Fsp3) is 0.375. The van der Waals surface area contributed by atoms with Gasteiger partial charge in [0.05, 0.1) is 0 Å². The molecule has 1 heterocycles. The highest BCUT2D eigenvalue weighted by Crippen LogP contribution is 2.46. The van der Waals surface area contributed by atoms with Crippen molar-refractivity contribution in [3.05, 3.63) is 50.9 Å². The number of halogens is 1. The Morgan fingerprint density at radius 3 is 2.67 bits per heavy atom. The van der Waals surface area contributed by atoms with Gasteiger partial charge in [-0.05, 0) is 30.5 Å². The summed E-state index contributed by atoms with van der Waals surface area (Å²) >= 11 is 7.61. The molecule has 21 heavy (non-hydrogen) atoms. The van der Waals surface area contributed by atoms with Gasteiger partial charge in [0.1, 0.15) is 5.01 Å². The quantitative estimate of drug-likeness (QED) is 0.887. The topological polar surface area (TPSA) is 50.2 Å². The lowest BCUT2D eigenvalue weighted by atomic mass is 9.70. The number of aromatic nitrogens is 1. The van der Waals surface area contributed by atoms with Gasteiger partial charge in [-0.3, -0.25) is 0 Å². The summed E-state index contributed by atoms with van der Waals surface area (Å²) in [7, 11) is 0. The van der Waals surface area contributed by atoms with Gasteiger partial charge in [-0.25, -0.2) is 9.78 Å². The summed E-state index contributed by atoms with van der Waals surface area (Å²) in [6.07, 6.45) is 5.49. The fourth-order valence-corrected chi connectivity index (χ4v) is 4.42. The number of aromatic carboxylic acids is 1. The highest BCUT2D eigenvalue weighted by Gasteiger charge is 2.38. The summed E-state index contributed by atoms with van der Waals surface area (Å²) in [5, 5.41) is 12.4. The van der Waals surface area contributed by atoms with Crippen molar-refractivity contribution in [1.82, 2.24) is 4.98 Å². The summed E-state index contributed by atoms with van der Waals surface area (Å²) < 4.78 is 0. The zero-order valence-electron chi connectivity index (χ0n) is 11.5. The maximum Gasteiger partial charge on any atom is 0.355 e. The minimum absolute atomic E-state index is 0.141. The van der Waals surface area contributed by atoms with E-state index in [4.69, 9.17) is 16.7 Å². The standard InChI is InChI=1S/C16H16ClNO2S/c17-12-6-4-5-11(9-12)16(7-2-1-3-8-16)15-18-13(10-21-15)14(19)20/h4-6,9-10H,1-3,7-8H2,(H,19,20). The molecule has 3 nitrogen and oxygen atoms in total. The summed E-state index contributed by atoms with van der Waals surface area (Å²) in [6.45, 7) is 0. The molecule has 1 aromatic heterocycles. The van der Waals surface area contributed by atoms with Crippen LogP contribution in [0.5, 0.6) is 0 Å². The van der Waals surface area contributed by atoms with Gasteiger partial charge in [-0.1, -0.05) is 43.0 Å². The molecular weight excluding hydrogens is 306 g/mol. The van der Waals surface area contributed by atoms with Crippen molar-refractivity contribution in [3.63, 3.8) is 0 Å². The minimum atomic E-state index is -0.963. The zero-order valence-corrected chi connectivity index (χ0v) is 13.1. The Bertz CT molecular complexity index is 662. The molecule has 0 bridgehead atoms. The van der Waals surface area contributed by atoms with E-state index < -0.39 is 5.97 Å². The molecule has 1 N–H and O–H groups in total. The molecule has 0 amide bonds. The van der Waals surface area contributed by atoms with Crippen molar-refractivity contribution in [2.45, 2.75) is 37.5 Å². The first-order chi connectivity index (χ1) is 10.1. The molecule has 0 aliphatic heterocycles. The molecule has 0 radical (unpaired) electrons. The Morgan fingerprint density at radius 1 is 1.29 bits per heavy atom. The largest absolute Gasteiger partial charge is 0.476 e. The Morgan fingerprint density at radius 2 is 2.05 bits per heavy atom. The van der Waals surface area contributed by atoms with E-state index in [1.54, 1.807) is 5.38 Å². The molecule has 3 rings (SSSR count). The van der Waals surface area contributed by atoms with Gasteiger partial charge >= 0.3 is 5.97 Å². The van der Waals surface area contributed by atoms with Crippen LogP contribution in [0.4, 0.5) is 0 Å². The smallest absolute Gasteiger partial charge is 0.355 e. The Kier molecular flexibility index (Phi) is 4.00. The lowest BCUT2D eigenvalue weighted by Crippen LogP contribution is -2.30. The van der Waals surface area contributed by atoms with Crippen molar-refractivity contribution in [3.8, 4) is 0 Å². The van der Waals surface area contributed by atoms with Gasteiger partial charge in [-0.2, -0.15) is 0 Å². The second kappa shape index (κ2) is 5.78. The van der Waals surface area contributed by atoms with Crippen LogP contribution in [0.25, 0.3) is 0 Å². The number of carboxylic acid groups (broad SMARTS) is 1. The second-order valence-electron chi connectivity index (χ2n) is 5.50. The van der Waals surface area contributed by atoms with E-state index in [-0.39, 0.29) is 11.1 Å². The van der Waals surface area contributed by atoms with Crippen LogP contribution in [-0.4, -0.2) is 16.1 Å². The van der Waals surface area contributed by atoms with Crippen molar-refractivity contribution >= 4 is 28.9 Å². The molecule has 5 heteroatoms. The molecule has 110 valence electrons. The van der Waals surface area contributed by atoms with Gasteiger partial charge in [0.15, 0.2) is 5.69 Å². The summed E-state index contributed by atoms with van der Waals surface area (Å²) in [5.74, 6) is -0.963. The molecule has 1 saturated carbocycles. The van der Waals surface area contributed by atoms with E-state index in [2.05, 4.69) is 11.1 Å². The van der Waals surface area contributed by atoms with Gasteiger partial charge in [0, 0.05) is 15.8 Å². The number of carboxylic acids is 1. The third kappa shape index (κ3) is 2.70. The number of thiazole rings is 1. The van der Waals surface area contributed by atoms with E-state index in [9.17, 15) is 4.79 Å². The van der Waals surface area contributed by atoms with Crippen molar-refractivity contribution in [2.75, 3.05) is 0 Å². The normalized spacial score (nSPS) is 17.6. The average molecular weight is 322 g/mol. The summed E-state index contributed by atoms with van der Waals surface area (Å²) in [4.78, 5) is 15.5. The maximum absolute atomic E-state index is 11.1. The van der Waals surface area contributed by atoms with Crippen molar-refractivity contribution in [1.29, 1.82) is 0 Å². The Labute approximate surface area is 132 Å². The second-order valence-corrected chi connectivity index (χ2v) is 6.79. The first-order valence-corrected chi connectivity index (χ1v) is 8.33. The number of hydrogen-bond acceptors (Lipinski definition) is 3. The van der Waals surface area contributed by atoms with Gasteiger partial charge in [0.25, 0.3) is 0 Å². The third-order valence-electron chi connectivity index (χ3n) is 4.22. The molecule has 1 fully saturated rings. The van der Waals surface area contributed by atoms with E-state index in [0.29, 0.717) is 5.02 Å². The van der Waals surface area contributed by atoms with Gasteiger partial charge in [0.2, 0.25) is 0 Å². The molecule has 1 aliphatic rings. The third-order valence-corrected chi connectivity index (χ3v) is 5.50. The SMILES string of the molecule is O=C(O)c1csc(C2(c3cccc(Cl)c3)CCCCC2)n1. The van der Waals surface area contributed by atoms with Crippen molar-refractivity contribution in [2.24, 2.45) is 0 Å². The molecule has 2 aromatic rings. The molecule has 1 aliphatic carbocycles. The Balaban J connectivity index is 2.09. The van der Waals surface area contributed by atoms with Crippen LogP contribution in [0, 0.1) is 0 Å². The van der Waals surface area contributed by atoms with Gasteiger partial charge < -0.3 is 5.11 Å². The number of rotatable bonds is 3. The fourth-order valence-electron chi connectivity index (χ4n) is 3.16. The highest BCUT2D eigenvalue weighted by atomic mass is 35.5. The van der Waals surface area contributed by atoms with Crippen LogP contribution in [0.15, 0.2) is 29.6 Å². The highest BCUT2D eigenvalue weighted by molar-refractivity contribution is 7.10. The maximum atomic E-state index is 11.1. The average Bonchev–Trinajstić information content (AvgIpc) is 2.98. The monoisotopic (exact) mass is 321 g/mol. The number of benzene rings is 1. The van der Waals surface area contributed by atoms with E-state index in [1.165, 1.54) is 17.8 Å². The Hall–Kier alpha value is -1.39. The molecular formula is C16H16ClNO2S. The summed E-state index contributed by atoms with van der Waals surface area (Å²) in [6, 6.07) is 7.90. The molecule has 0 saturated heterocycles. The van der Waals surface area contributed by atoms with Crippen LogP contribution >= 0.6 is 22.9 Å². The van der Waals surface area contributed by atoms with E-state index in [1.807, 2.05) is 18.2 Å². The van der Waals surface area contributed by atoms with Crippen molar-refractivity contribution < 1.29 is 9.90 Å². The number of carbonyl (C=O) groups is 1. The van der Waals surface area contributed by atoms with Crippen LogP contribution in [0.3, 0.4) is 0 Å². The minimum Gasteiger partial charge on any atom is -0.476 e. The van der Waals surface area contributed by atoms with E-state index >= 15 is 0 Å². The van der Waals surface area contributed by atoms with Crippen LogP contribution in [0.2, 0.25) is 5.02 Å². The number of nitrogens with zero attached hydrogens (tertiary/aromatic N) is 1. The van der Waals surface area contributed by atoms with Crippen LogP contribution in [-0.2, 0) is 5.41 Å². The van der Waals surface area contributed by atoms with Crippen LogP contribution in [0.1, 0.15) is 53.2 Å². The zero-order chi connectivity index (χ0) is 14.9. The molecule has 0 atom stereocenters. The predicted octanol–water partition coefficient (Wildman–Crippen LogP) is 4.74. The van der Waals surface area contributed by atoms with E-state index in [0.717, 1.165) is 36.3 Å². The van der Waals surface area contributed by atoms with Gasteiger partial charge in [-0.15, -0.1) is 11.3 Å². The first-order valence-electron chi connectivity index (χ1n) is 7.07. The summed E-state index contributed by atoms with van der Waals surface area (Å²) in [5.41, 5.74) is 1.12. The lowest BCUT2D eigenvalue weighted by molar-refractivity contribution is 0.0691.